The Hall–Kier alpha value is -0.760. The van der Waals surface area contributed by atoms with E-state index in [2.05, 4.69) is 0 Å². The van der Waals surface area contributed by atoms with Crippen LogP contribution in [0, 0.1) is 5.92 Å². The van der Waals surface area contributed by atoms with Crippen LogP contribution in [0.25, 0.3) is 0 Å². The van der Waals surface area contributed by atoms with Gasteiger partial charge in [-0.25, -0.2) is 0 Å². The van der Waals surface area contributed by atoms with Gasteiger partial charge < -0.3 is 0 Å². The van der Waals surface area contributed by atoms with Crippen LogP contribution >= 0.6 is 0 Å². The highest BCUT2D eigenvalue weighted by Gasteiger charge is 2.39. The van der Waals surface area contributed by atoms with E-state index < -0.39 is 0 Å². The van der Waals surface area contributed by atoms with Crippen molar-refractivity contribution in [3.8, 4) is 0 Å². The summed E-state index contributed by atoms with van der Waals surface area (Å²) in [7, 11) is 0. The van der Waals surface area contributed by atoms with Gasteiger partial charge in [-0.3, -0.25) is 4.79 Å². The van der Waals surface area contributed by atoms with E-state index in [0.717, 1.165) is 10.8 Å². The van der Waals surface area contributed by atoms with Crippen LogP contribution in [0.1, 0.15) is 68.1 Å². The van der Waals surface area contributed by atoms with Crippen LogP contribution in [0.5, 0.6) is 0 Å². The van der Waals surface area contributed by atoms with E-state index in [9.17, 15) is 4.79 Å². The molecule has 0 bridgehead atoms. The van der Waals surface area contributed by atoms with E-state index in [1.807, 2.05) is 30.3 Å². The zero-order valence-corrected chi connectivity index (χ0v) is 13.7. The fourth-order valence-electron chi connectivity index (χ4n) is 3.91. The Bertz CT molecular complexity index is 444. The van der Waals surface area contributed by atoms with Gasteiger partial charge in [0.15, 0.2) is 5.25 Å². The molecule has 1 aromatic carbocycles. The second-order valence-corrected chi connectivity index (χ2v) is 8.25. The molecule has 1 aromatic rings. The standard InChI is InChI=1S/C19H26OS/c20-18(15-9-3-1-4-10-15)19(16-11-7-8-12-16)21-17-13-5-2-6-14-17/h1,3-4,9-10,16-17,19H,2,5-8,11-14H2/p+1. The Morgan fingerprint density at radius 3 is 2.19 bits per heavy atom. The Kier molecular flexibility index (Phi) is 5.40. The average molecular weight is 303 g/mol. The van der Waals surface area contributed by atoms with Gasteiger partial charge in [0, 0.05) is 11.5 Å². The fourth-order valence-corrected chi connectivity index (χ4v) is 5.85. The summed E-state index contributed by atoms with van der Waals surface area (Å²) in [5.41, 5.74) is 0.928. The van der Waals surface area contributed by atoms with Gasteiger partial charge in [0.1, 0.15) is 5.25 Å². The molecular weight excluding hydrogens is 276 g/mol. The largest absolute Gasteiger partial charge is 0.288 e. The van der Waals surface area contributed by atoms with Crippen LogP contribution in [-0.4, -0.2) is 16.3 Å². The molecular formula is C19H27OS+. The van der Waals surface area contributed by atoms with E-state index in [1.165, 1.54) is 69.5 Å². The predicted octanol–water partition coefficient (Wildman–Crippen LogP) is 4.58. The molecule has 1 nitrogen and oxygen atoms in total. The monoisotopic (exact) mass is 303 g/mol. The van der Waals surface area contributed by atoms with E-state index in [-0.39, 0.29) is 5.25 Å². The molecule has 0 amide bonds. The first-order chi connectivity index (χ1) is 10.3. The zero-order chi connectivity index (χ0) is 14.5. The maximum absolute atomic E-state index is 13.0. The van der Waals surface area contributed by atoms with Gasteiger partial charge in [0.25, 0.3) is 0 Å². The summed E-state index contributed by atoms with van der Waals surface area (Å²) in [5.74, 6) is 1.05. The highest BCUT2D eigenvalue weighted by molar-refractivity contribution is 7.80. The molecule has 3 rings (SSSR count). The predicted molar refractivity (Wildman–Crippen MR) is 92.2 cm³/mol. The summed E-state index contributed by atoms with van der Waals surface area (Å²) < 4.78 is 0. The number of Topliss-reactive ketones (excluding diaryl/α,β-unsaturated/α-hetero) is 1. The molecule has 0 aliphatic heterocycles. The molecule has 0 aromatic heterocycles. The number of hydrogen-bond acceptors (Lipinski definition) is 1. The van der Waals surface area contributed by atoms with Gasteiger partial charge in [-0.05, 0) is 50.3 Å². The summed E-state index contributed by atoms with van der Waals surface area (Å²) in [6, 6.07) is 9.99. The smallest absolute Gasteiger partial charge is 0.215 e. The maximum atomic E-state index is 13.0. The molecule has 2 saturated carbocycles. The lowest BCUT2D eigenvalue weighted by Crippen LogP contribution is -2.35. The van der Waals surface area contributed by atoms with E-state index in [1.54, 1.807) is 0 Å². The summed E-state index contributed by atoms with van der Waals surface area (Å²) in [6.45, 7) is 0. The van der Waals surface area contributed by atoms with Gasteiger partial charge in [-0.1, -0.05) is 49.6 Å². The quantitative estimate of drug-likeness (QED) is 0.442. The van der Waals surface area contributed by atoms with Gasteiger partial charge in [0.2, 0.25) is 5.78 Å². The Morgan fingerprint density at radius 2 is 1.52 bits per heavy atom. The molecule has 114 valence electrons. The van der Waals surface area contributed by atoms with E-state index in [4.69, 9.17) is 0 Å². The lowest BCUT2D eigenvalue weighted by molar-refractivity contribution is 0.0969. The first-order valence-corrected chi connectivity index (χ1v) is 9.67. The van der Waals surface area contributed by atoms with Crippen molar-refractivity contribution in [1.29, 1.82) is 0 Å². The van der Waals surface area contributed by atoms with Gasteiger partial charge in [-0.2, -0.15) is 0 Å². The summed E-state index contributed by atoms with van der Waals surface area (Å²) >= 11 is 1.44. The van der Waals surface area contributed by atoms with Gasteiger partial charge in [0.05, 0.1) is 0 Å². The van der Waals surface area contributed by atoms with Crippen LogP contribution in [0.2, 0.25) is 0 Å². The summed E-state index contributed by atoms with van der Waals surface area (Å²) in [4.78, 5) is 13.0. The van der Waals surface area contributed by atoms with E-state index >= 15 is 0 Å². The second kappa shape index (κ2) is 7.49. The Labute approximate surface area is 132 Å². The van der Waals surface area contributed by atoms with Crippen molar-refractivity contribution < 1.29 is 4.79 Å². The van der Waals surface area contributed by atoms with Crippen molar-refractivity contribution in [2.75, 3.05) is 0 Å². The second-order valence-electron chi connectivity index (χ2n) is 6.66. The number of rotatable bonds is 5. The molecule has 21 heavy (non-hydrogen) atoms. The Balaban J connectivity index is 1.73. The highest BCUT2D eigenvalue weighted by Crippen LogP contribution is 2.34. The Morgan fingerprint density at radius 1 is 0.905 bits per heavy atom. The molecule has 0 saturated heterocycles. The third-order valence-corrected chi connectivity index (χ3v) is 7.03. The number of hydrogen-bond donors (Lipinski definition) is 0. The number of thiol groups is 1. The number of carbonyl (C=O) groups excluding carboxylic acids is 1. The normalized spacial score (nSPS) is 22.3. The van der Waals surface area contributed by atoms with Crippen LogP contribution in [0.15, 0.2) is 30.3 Å². The third kappa shape index (κ3) is 3.91. The minimum atomic E-state index is 0.262. The van der Waals surface area contributed by atoms with Crippen molar-refractivity contribution in [2.45, 2.75) is 68.3 Å². The zero-order valence-electron chi connectivity index (χ0n) is 12.8. The van der Waals surface area contributed by atoms with Crippen LogP contribution in [-0.2, 0) is 11.8 Å². The van der Waals surface area contributed by atoms with Crippen molar-refractivity contribution >= 4 is 17.5 Å². The number of benzene rings is 1. The van der Waals surface area contributed by atoms with Gasteiger partial charge >= 0.3 is 0 Å². The van der Waals surface area contributed by atoms with Crippen molar-refractivity contribution in [3.63, 3.8) is 0 Å². The van der Waals surface area contributed by atoms with Gasteiger partial charge in [-0.15, -0.1) is 0 Å². The molecule has 0 spiro atoms. The summed E-state index contributed by atoms with van der Waals surface area (Å²) in [5, 5.41) is 1.04. The molecule has 2 aliphatic rings. The molecule has 0 N–H and O–H groups in total. The van der Waals surface area contributed by atoms with Crippen LogP contribution in [0.4, 0.5) is 0 Å². The molecule has 2 aliphatic carbocycles. The van der Waals surface area contributed by atoms with Crippen LogP contribution in [0.3, 0.4) is 0 Å². The minimum Gasteiger partial charge on any atom is -0.288 e. The molecule has 2 fully saturated rings. The molecule has 2 heteroatoms. The first kappa shape index (κ1) is 15.1. The maximum Gasteiger partial charge on any atom is 0.215 e. The molecule has 1 atom stereocenters. The van der Waals surface area contributed by atoms with Crippen molar-refractivity contribution in [1.82, 2.24) is 0 Å². The SMILES string of the molecule is O=C(c1ccccc1)C([SH+]C1CCCCC1)C1CCCC1. The third-order valence-electron chi connectivity index (χ3n) is 5.12. The lowest BCUT2D eigenvalue weighted by atomic mass is 9.96. The fraction of sp³-hybridized carbons (Fsp3) is 0.632. The first-order valence-electron chi connectivity index (χ1n) is 8.64. The number of carbonyl (C=O) groups is 1. The summed E-state index contributed by atoms with van der Waals surface area (Å²) in [6.07, 6.45) is 12.0. The number of ketones is 1. The van der Waals surface area contributed by atoms with E-state index in [0.29, 0.717) is 11.7 Å². The average Bonchev–Trinajstić information content (AvgIpc) is 3.08. The van der Waals surface area contributed by atoms with Crippen molar-refractivity contribution in [3.05, 3.63) is 35.9 Å². The van der Waals surface area contributed by atoms with Crippen LogP contribution < -0.4 is 0 Å². The van der Waals surface area contributed by atoms with Crippen molar-refractivity contribution in [2.24, 2.45) is 5.92 Å². The molecule has 0 heterocycles. The molecule has 0 radical (unpaired) electrons. The highest BCUT2D eigenvalue weighted by atomic mass is 32.2. The minimum absolute atomic E-state index is 0.262. The topological polar surface area (TPSA) is 17.1 Å². The molecule has 1 unspecified atom stereocenters. The lowest BCUT2D eigenvalue weighted by Gasteiger charge is -2.22.